The molecule has 0 fully saturated rings. The number of aliphatic hydroxyl groups excluding tert-OH is 1. The van der Waals surface area contributed by atoms with Crippen molar-refractivity contribution in [3.63, 3.8) is 0 Å². The molecule has 2 N–H and O–H groups in total. The van der Waals surface area contributed by atoms with Gasteiger partial charge in [0.05, 0.1) is 39.9 Å². The molecule has 3 atom stereocenters. The molecule has 0 aliphatic carbocycles. The zero-order valence-corrected chi connectivity index (χ0v) is 58.4. The van der Waals surface area contributed by atoms with Crippen LogP contribution in [0.3, 0.4) is 0 Å². The first kappa shape index (κ1) is 83.7. The quantitative estimate of drug-likeness (QED) is 0.0272. The molecule has 86 heavy (non-hydrogen) atoms. The number of carbonyl (C=O) groups is 1. The third-order valence-electron chi connectivity index (χ3n) is 16.6. The summed E-state index contributed by atoms with van der Waals surface area (Å²) in [4.78, 5) is 25.7. The maximum atomic E-state index is 13.1. The van der Waals surface area contributed by atoms with E-state index in [1.807, 2.05) is 27.2 Å². The Morgan fingerprint density at radius 2 is 0.721 bits per heavy atom. The predicted octanol–water partition coefficient (Wildman–Crippen LogP) is 23.3. The van der Waals surface area contributed by atoms with Crippen molar-refractivity contribution in [3.8, 4) is 0 Å². The van der Waals surface area contributed by atoms with Crippen molar-refractivity contribution in [2.24, 2.45) is 0 Å². The number of aliphatic hydroxyl groups is 1. The molecule has 8 nitrogen and oxygen atoms in total. The molecule has 0 aromatic rings. The van der Waals surface area contributed by atoms with Gasteiger partial charge in [0.2, 0.25) is 5.91 Å². The third-order valence-corrected chi connectivity index (χ3v) is 17.6. The van der Waals surface area contributed by atoms with E-state index >= 15 is 0 Å². The molecule has 0 aromatic heterocycles. The van der Waals surface area contributed by atoms with Crippen LogP contribution in [0.15, 0.2) is 85.1 Å². The summed E-state index contributed by atoms with van der Waals surface area (Å²) in [6, 6.07) is -0.907. The average Bonchev–Trinajstić information content (AvgIpc) is 3.70. The fourth-order valence-electron chi connectivity index (χ4n) is 10.9. The summed E-state index contributed by atoms with van der Waals surface area (Å²) < 4.78 is 23.5. The largest absolute Gasteiger partial charge is 0.756 e. The summed E-state index contributed by atoms with van der Waals surface area (Å²) >= 11 is 0. The molecular formula is C77H143N2O6P. The first-order valence-electron chi connectivity index (χ1n) is 36.9. The van der Waals surface area contributed by atoms with Gasteiger partial charge >= 0.3 is 0 Å². The van der Waals surface area contributed by atoms with Gasteiger partial charge in [-0.15, -0.1) is 0 Å². The van der Waals surface area contributed by atoms with Gasteiger partial charge in [0, 0.05) is 6.42 Å². The van der Waals surface area contributed by atoms with Gasteiger partial charge in [-0.3, -0.25) is 9.36 Å². The number of hydrogen-bond acceptors (Lipinski definition) is 6. The Balaban J connectivity index is 4.03. The molecule has 0 aliphatic heterocycles. The lowest BCUT2D eigenvalue weighted by Gasteiger charge is -2.29. The number of phosphoric ester groups is 1. The van der Waals surface area contributed by atoms with Crippen molar-refractivity contribution in [1.29, 1.82) is 0 Å². The summed E-state index contributed by atoms with van der Waals surface area (Å²) in [5.74, 6) is -0.202. The predicted molar refractivity (Wildman–Crippen MR) is 376 cm³/mol. The van der Waals surface area contributed by atoms with Gasteiger partial charge in [-0.2, -0.15) is 0 Å². The summed E-state index contributed by atoms with van der Waals surface area (Å²) in [5, 5.41) is 14.0. The molecule has 0 radical (unpaired) electrons. The van der Waals surface area contributed by atoms with E-state index in [1.165, 1.54) is 257 Å². The summed E-state index contributed by atoms with van der Waals surface area (Å²) in [6.07, 6.45) is 95.9. The Morgan fingerprint density at radius 1 is 0.419 bits per heavy atom. The van der Waals surface area contributed by atoms with E-state index in [4.69, 9.17) is 9.05 Å². The SMILES string of the molecule is CC/C=C\C/C=C\C/C=C\C/C=C\C/C=C\CCCCCCCCCCCCCCCCCCCCCCCC(=O)NC(COP(=O)([O-])OCC[N+](C)(C)C)C(O)/C=C/CC/C=C/CCCCCCCCCCCCCCCCCCCCCCC. The number of rotatable bonds is 68. The van der Waals surface area contributed by atoms with E-state index in [9.17, 15) is 19.4 Å². The maximum Gasteiger partial charge on any atom is 0.268 e. The number of likely N-dealkylation sites (N-methyl/N-ethyl adjacent to an activating group) is 1. The molecule has 0 aliphatic rings. The lowest BCUT2D eigenvalue weighted by molar-refractivity contribution is -0.870. The van der Waals surface area contributed by atoms with Gasteiger partial charge in [0.1, 0.15) is 13.2 Å². The Labute approximate surface area is 535 Å². The standard InChI is InChI=1S/C77H143N2O6P/c1-6-8-10-12-14-16-18-20-22-24-26-28-30-32-34-35-36-37-38-39-40-41-42-43-45-47-49-51-53-55-57-59-61-63-65-67-69-71-77(81)78-75(74-85-86(82,83)84-73-72-79(3,4)5)76(80)70-68-66-64-62-60-58-56-54-52-50-48-46-44-33-31-29-27-25-23-21-19-17-15-13-11-9-7-2/h8,10,14,16,20,22,26,28,32,34,60,62,68,70,75-76,80H,6-7,9,11-13,15,17-19,21,23-25,27,29-31,33,35-59,61,63-67,69,71-74H2,1-5H3,(H-,78,81,82,83)/b10-8-,16-14-,22-20-,28-26-,34-32-,62-60+,70-68+. The Morgan fingerprint density at radius 3 is 1.08 bits per heavy atom. The Hall–Kier alpha value is -2.32. The number of nitrogens with zero attached hydrogens (tertiary/aromatic N) is 1. The molecule has 0 spiro atoms. The van der Waals surface area contributed by atoms with Crippen LogP contribution in [0.1, 0.15) is 348 Å². The summed E-state index contributed by atoms with van der Waals surface area (Å²) in [7, 11) is 1.25. The number of nitrogens with one attached hydrogen (secondary N) is 1. The Kier molecular flexibility index (Phi) is 65.3. The van der Waals surface area contributed by atoms with Gasteiger partial charge in [-0.05, 0) is 77.0 Å². The average molecular weight is 1220 g/mol. The number of phosphoric acid groups is 1. The summed E-state index contributed by atoms with van der Waals surface area (Å²) in [6.45, 7) is 4.56. The highest BCUT2D eigenvalue weighted by Gasteiger charge is 2.23. The minimum absolute atomic E-state index is 0.00682. The van der Waals surface area contributed by atoms with Crippen LogP contribution >= 0.6 is 7.82 Å². The third kappa shape index (κ3) is 69.2. The van der Waals surface area contributed by atoms with Crippen LogP contribution in [0, 0.1) is 0 Å². The fraction of sp³-hybridized carbons (Fsp3) is 0.805. The molecular weight excluding hydrogens is 1080 g/mol. The van der Waals surface area contributed by atoms with Gasteiger partial charge in [0.25, 0.3) is 7.82 Å². The second kappa shape index (κ2) is 67.1. The van der Waals surface area contributed by atoms with Crippen molar-refractivity contribution < 1.29 is 32.9 Å². The number of hydrogen-bond donors (Lipinski definition) is 2. The van der Waals surface area contributed by atoms with Crippen LogP contribution in [0.2, 0.25) is 0 Å². The molecule has 1 amide bonds. The summed E-state index contributed by atoms with van der Waals surface area (Å²) in [5.41, 5.74) is 0. The van der Waals surface area contributed by atoms with Crippen LogP contribution < -0.4 is 10.2 Å². The van der Waals surface area contributed by atoms with E-state index in [0.29, 0.717) is 17.4 Å². The van der Waals surface area contributed by atoms with E-state index in [0.717, 1.165) is 70.6 Å². The lowest BCUT2D eigenvalue weighted by atomic mass is 10.0. The molecule has 502 valence electrons. The van der Waals surface area contributed by atoms with Crippen LogP contribution in [0.5, 0.6) is 0 Å². The monoisotopic (exact) mass is 1220 g/mol. The molecule has 3 unspecified atom stereocenters. The van der Waals surface area contributed by atoms with Crippen molar-refractivity contribution in [2.75, 3.05) is 40.9 Å². The van der Waals surface area contributed by atoms with Crippen LogP contribution in [-0.4, -0.2) is 68.5 Å². The zero-order chi connectivity index (χ0) is 62.6. The minimum Gasteiger partial charge on any atom is -0.756 e. The van der Waals surface area contributed by atoms with Gasteiger partial charge in [0.15, 0.2) is 0 Å². The Bertz CT molecular complexity index is 1680. The number of carbonyl (C=O) groups excluding carboxylic acids is 1. The number of unbranched alkanes of at least 4 members (excludes halogenated alkanes) is 43. The van der Waals surface area contributed by atoms with Gasteiger partial charge < -0.3 is 28.8 Å². The molecule has 9 heteroatoms. The highest BCUT2D eigenvalue weighted by Crippen LogP contribution is 2.38. The zero-order valence-electron chi connectivity index (χ0n) is 57.5. The number of quaternary nitrogens is 1. The van der Waals surface area contributed by atoms with Crippen molar-refractivity contribution in [2.45, 2.75) is 360 Å². The molecule has 0 bridgehead atoms. The maximum absolute atomic E-state index is 13.1. The van der Waals surface area contributed by atoms with E-state index in [2.05, 4.69) is 92.1 Å². The van der Waals surface area contributed by atoms with E-state index in [1.54, 1.807) is 6.08 Å². The first-order chi connectivity index (χ1) is 42.0. The number of amides is 1. The second-order valence-corrected chi connectivity index (χ2v) is 27.7. The molecule has 0 heterocycles. The highest BCUT2D eigenvalue weighted by molar-refractivity contribution is 7.45. The second-order valence-electron chi connectivity index (χ2n) is 26.3. The topological polar surface area (TPSA) is 108 Å². The van der Waals surface area contributed by atoms with Crippen molar-refractivity contribution in [1.82, 2.24) is 5.32 Å². The molecule has 0 rings (SSSR count). The van der Waals surface area contributed by atoms with Gasteiger partial charge in [-0.1, -0.05) is 349 Å². The minimum atomic E-state index is -4.62. The van der Waals surface area contributed by atoms with Crippen LogP contribution in [0.4, 0.5) is 0 Å². The van der Waals surface area contributed by atoms with Crippen molar-refractivity contribution in [3.05, 3.63) is 85.1 Å². The van der Waals surface area contributed by atoms with Crippen molar-refractivity contribution >= 4 is 13.7 Å². The normalized spacial score (nSPS) is 14.1. The molecule has 0 saturated carbocycles. The fourth-order valence-corrected chi connectivity index (χ4v) is 11.6. The van der Waals surface area contributed by atoms with Crippen LogP contribution in [-0.2, 0) is 18.4 Å². The van der Waals surface area contributed by atoms with Crippen LogP contribution in [0.25, 0.3) is 0 Å². The van der Waals surface area contributed by atoms with E-state index < -0.39 is 26.6 Å². The molecule has 0 saturated heterocycles. The number of allylic oxidation sites excluding steroid dienone is 13. The highest BCUT2D eigenvalue weighted by atomic mass is 31.2. The molecule has 0 aromatic carbocycles. The first-order valence-corrected chi connectivity index (χ1v) is 38.4. The lowest BCUT2D eigenvalue weighted by Crippen LogP contribution is -2.45. The van der Waals surface area contributed by atoms with Gasteiger partial charge in [-0.25, -0.2) is 0 Å². The smallest absolute Gasteiger partial charge is 0.268 e. The van der Waals surface area contributed by atoms with E-state index in [-0.39, 0.29) is 12.5 Å².